The van der Waals surface area contributed by atoms with Crippen molar-refractivity contribution >= 4 is 35.3 Å². The van der Waals surface area contributed by atoms with Gasteiger partial charge in [0, 0.05) is 23.8 Å². The summed E-state index contributed by atoms with van der Waals surface area (Å²) in [7, 11) is 0. The Labute approximate surface area is 191 Å². The molecule has 1 fully saturated rings. The van der Waals surface area contributed by atoms with Gasteiger partial charge in [0.2, 0.25) is 5.91 Å². The summed E-state index contributed by atoms with van der Waals surface area (Å²) in [5.41, 5.74) is 1.03. The van der Waals surface area contributed by atoms with Gasteiger partial charge in [-0.05, 0) is 42.8 Å². The number of para-hydroxylation sites is 1. The first-order chi connectivity index (χ1) is 16.2. The number of carbonyl (C=O) groups excluding carboxylic acids is 3. The summed E-state index contributed by atoms with van der Waals surface area (Å²) < 4.78 is 19.4. The molecule has 0 saturated carbocycles. The molecule has 0 aliphatic carbocycles. The Morgan fingerprint density at radius 1 is 1.21 bits per heavy atom. The number of benzene rings is 2. The maximum Gasteiger partial charge on any atom is 0.329 e. The molecule has 2 aromatic carbocycles. The lowest BCUT2D eigenvalue weighted by Gasteiger charge is -2.12. The second-order valence-electron chi connectivity index (χ2n) is 7.37. The molecule has 0 radical (unpaired) electrons. The molecule has 11 heteroatoms. The van der Waals surface area contributed by atoms with Crippen LogP contribution in [0.2, 0.25) is 0 Å². The van der Waals surface area contributed by atoms with E-state index in [4.69, 9.17) is 4.42 Å². The van der Waals surface area contributed by atoms with Crippen LogP contribution in [0.4, 0.5) is 20.6 Å². The molecule has 4 amide bonds. The van der Waals surface area contributed by atoms with Crippen LogP contribution in [0.3, 0.4) is 0 Å². The topological polar surface area (TPSA) is 135 Å². The van der Waals surface area contributed by atoms with Gasteiger partial charge in [-0.3, -0.25) is 19.7 Å². The van der Waals surface area contributed by atoms with Crippen molar-refractivity contribution in [2.24, 2.45) is 0 Å². The van der Waals surface area contributed by atoms with Crippen LogP contribution in [0.1, 0.15) is 11.3 Å². The molecule has 2 N–H and O–H groups in total. The first-order valence-corrected chi connectivity index (χ1v) is 9.97. The number of aryl methyl sites for hydroxylation is 1. The smallest absolute Gasteiger partial charge is 0.329 e. The molecule has 1 aliphatic heterocycles. The zero-order valence-corrected chi connectivity index (χ0v) is 17.7. The molecular formula is C23H17FN4O6. The Bertz CT molecular complexity index is 1360. The number of imide groups is 1. The molecule has 0 unspecified atom stereocenters. The lowest BCUT2D eigenvalue weighted by Crippen LogP contribution is -2.38. The number of non-ortho nitro benzene ring substituents is 1. The Morgan fingerprint density at radius 3 is 2.68 bits per heavy atom. The van der Waals surface area contributed by atoms with Gasteiger partial charge >= 0.3 is 6.03 Å². The van der Waals surface area contributed by atoms with E-state index in [1.54, 1.807) is 25.1 Å². The second-order valence-corrected chi connectivity index (χ2v) is 7.37. The van der Waals surface area contributed by atoms with Crippen LogP contribution in [0.15, 0.2) is 64.7 Å². The molecule has 0 atom stereocenters. The number of hydrogen-bond donors (Lipinski definition) is 2. The number of nitro benzene ring substituents is 1. The highest BCUT2D eigenvalue weighted by Crippen LogP contribution is 2.29. The fraction of sp³-hybridized carbons (Fsp3) is 0.0870. The van der Waals surface area contributed by atoms with Gasteiger partial charge in [0.05, 0.1) is 10.6 Å². The third-order valence-electron chi connectivity index (χ3n) is 5.01. The molecule has 4 rings (SSSR count). The number of nitro groups is 1. The monoisotopic (exact) mass is 464 g/mol. The Morgan fingerprint density at radius 2 is 1.97 bits per heavy atom. The van der Waals surface area contributed by atoms with Gasteiger partial charge in [-0.15, -0.1) is 0 Å². The molecule has 1 aliphatic rings. The highest BCUT2D eigenvalue weighted by atomic mass is 19.1. The summed E-state index contributed by atoms with van der Waals surface area (Å²) in [6.07, 6.45) is 1.30. The van der Waals surface area contributed by atoms with Crippen LogP contribution < -0.4 is 10.6 Å². The van der Waals surface area contributed by atoms with Crippen LogP contribution in [0.25, 0.3) is 17.4 Å². The van der Waals surface area contributed by atoms with Gasteiger partial charge in [0.25, 0.3) is 11.6 Å². The van der Waals surface area contributed by atoms with Crippen molar-refractivity contribution in [3.63, 3.8) is 0 Å². The molecule has 0 bridgehead atoms. The molecule has 10 nitrogen and oxygen atoms in total. The summed E-state index contributed by atoms with van der Waals surface area (Å²) in [5.74, 6) is -1.49. The van der Waals surface area contributed by atoms with Crippen molar-refractivity contribution in [1.29, 1.82) is 0 Å². The van der Waals surface area contributed by atoms with E-state index in [9.17, 15) is 28.9 Å². The third kappa shape index (κ3) is 4.53. The molecule has 2 heterocycles. The molecule has 0 spiro atoms. The van der Waals surface area contributed by atoms with E-state index in [1.807, 2.05) is 0 Å². The molecule has 1 saturated heterocycles. The number of hydrogen-bond acceptors (Lipinski definition) is 6. The predicted octanol–water partition coefficient (Wildman–Crippen LogP) is 3.83. The lowest BCUT2D eigenvalue weighted by molar-refractivity contribution is -0.384. The van der Waals surface area contributed by atoms with E-state index in [1.165, 1.54) is 42.5 Å². The summed E-state index contributed by atoms with van der Waals surface area (Å²) in [6.45, 7) is 1.09. The lowest BCUT2D eigenvalue weighted by atomic mass is 10.1. The maximum atomic E-state index is 13.7. The first kappa shape index (κ1) is 22.4. The number of anilines is 1. The zero-order valence-electron chi connectivity index (χ0n) is 17.7. The number of nitrogens with zero attached hydrogens (tertiary/aromatic N) is 2. The molecule has 3 aromatic rings. The fourth-order valence-electron chi connectivity index (χ4n) is 3.37. The van der Waals surface area contributed by atoms with Gasteiger partial charge in [-0.2, -0.15) is 0 Å². The van der Waals surface area contributed by atoms with Crippen LogP contribution in [-0.2, 0) is 9.59 Å². The highest BCUT2D eigenvalue weighted by molar-refractivity contribution is 6.15. The van der Waals surface area contributed by atoms with Gasteiger partial charge < -0.3 is 15.1 Å². The van der Waals surface area contributed by atoms with E-state index in [-0.39, 0.29) is 22.8 Å². The van der Waals surface area contributed by atoms with Crippen molar-refractivity contribution in [2.45, 2.75) is 6.92 Å². The van der Waals surface area contributed by atoms with E-state index in [2.05, 4.69) is 10.6 Å². The van der Waals surface area contributed by atoms with Gasteiger partial charge in [0.15, 0.2) is 0 Å². The third-order valence-corrected chi connectivity index (χ3v) is 5.01. The zero-order chi connectivity index (χ0) is 24.4. The standard InChI is InChI=1S/C23H17FN4O6/c1-13-10-14(28(32)33)6-8-16(13)20-9-7-15(34-20)11-19-22(30)27(23(31)26-19)12-21(29)25-18-5-3-2-4-17(18)24/h2-11H,12H2,1H3,(H,25,29)(H,26,31)/b19-11-. The number of nitrogens with one attached hydrogen (secondary N) is 2. The summed E-state index contributed by atoms with van der Waals surface area (Å²) in [4.78, 5) is 48.1. The fourth-order valence-corrected chi connectivity index (χ4v) is 3.37. The first-order valence-electron chi connectivity index (χ1n) is 9.97. The van der Waals surface area contributed by atoms with Crippen LogP contribution in [0.5, 0.6) is 0 Å². The quantitative estimate of drug-likeness (QED) is 0.246. The van der Waals surface area contributed by atoms with Crippen molar-refractivity contribution < 1.29 is 28.1 Å². The minimum absolute atomic E-state index is 0.0476. The summed E-state index contributed by atoms with van der Waals surface area (Å²) in [5, 5.41) is 15.6. The average molecular weight is 464 g/mol. The number of furan rings is 1. The SMILES string of the molecule is Cc1cc([N+](=O)[O-])ccc1-c1ccc(/C=C2\NC(=O)N(CC(=O)Nc3ccccc3F)C2=O)o1. The number of carbonyl (C=O) groups is 3. The van der Waals surface area contributed by atoms with Crippen LogP contribution in [-0.4, -0.2) is 34.2 Å². The highest BCUT2D eigenvalue weighted by Gasteiger charge is 2.35. The van der Waals surface area contributed by atoms with Crippen LogP contribution >= 0.6 is 0 Å². The van der Waals surface area contributed by atoms with Crippen molar-refractivity contribution in [3.05, 3.63) is 87.5 Å². The molecule has 1 aromatic heterocycles. The van der Waals surface area contributed by atoms with Crippen LogP contribution in [0, 0.1) is 22.9 Å². The number of rotatable bonds is 6. The van der Waals surface area contributed by atoms with Gasteiger partial charge in [-0.25, -0.2) is 14.1 Å². The molecule has 172 valence electrons. The van der Waals surface area contributed by atoms with E-state index in [0.717, 1.165) is 0 Å². The Hall–Kier alpha value is -4.80. The van der Waals surface area contributed by atoms with E-state index < -0.39 is 35.1 Å². The predicted molar refractivity (Wildman–Crippen MR) is 119 cm³/mol. The van der Waals surface area contributed by atoms with Crippen molar-refractivity contribution in [2.75, 3.05) is 11.9 Å². The summed E-state index contributed by atoms with van der Waals surface area (Å²) >= 11 is 0. The average Bonchev–Trinajstić information content (AvgIpc) is 3.35. The second kappa shape index (κ2) is 8.98. The molecular weight excluding hydrogens is 447 g/mol. The van der Waals surface area contributed by atoms with Crippen molar-refractivity contribution in [1.82, 2.24) is 10.2 Å². The number of urea groups is 1. The maximum absolute atomic E-state index is 13.7. The minimum atomic E-state index is -0.807. The Kier molecular flexibility index (Phi) is 5.92. The Balaban J connectivity index is 1.47. The van der Waals surface area contributed by atoms with Gasteiger partial charge in [0.1, 0.15) is 29.6 Å². The minimum Gasteiger partial charge on any atom is -0.457 e. The largest absolute Gasteiger partial charge is 0.457 e. The normalized spacial score (nSPS) is 14.4. The number of amides is 4. The number of halogens is 1. The van der Waals surface area contributed by atoms with E-state index >= 15 is 0 Å². The van der Waals surface area contributed by atoms with E-state index in [0.29, 0.717) is 21.8 Å². The summed E-state index contributed by atoms with van der Waals surface area (Å²) in [6, 6.07) is 12.2. The van der Waals surface area contributed by atoms with Crippen molar-refractivity contribution in [3.8, 4) is 11.3 Å². The molecule has 34 heavy (non-hydrogen) atoms. The van der Waals surface area contributed by atoms with Gasteiger partial charge in [-0.1, -0.05) is 12.1 Å².